The van der Waals surface area contributed by atoms with E-state index in [1.807, 2.05) is 13.8 Å². The first kappa shape index (κ1) is 12.7. The van der Waals surface area contributed by atoms with Gasteiger partial charge in [-0.05, 0) is 17.8 Å². The van der Waals surface area contributed by atoms with Gasteiger partial charge in [0.1, 0.15) is 0 Å². The maximum atomic E-state index is 10.5. The largest absolute Gasteiger partial charge is 0.360 e. The monoisotopic (exact) mass is 211 g/mol. The highest BCUT2D eigenvalue weighted by Crippen LogP contribution is 2.20. The molecule has 1 aromatic rings. The first-order valence-electron chi connectivity index (χ1n) is 4.25. The molecule has 0 spiro atoms. The fourth-order valence-electron chi connectivity index (χ4n) is 0.779. The highest BCUT2D eigenvalue weighted by molar-refractivity contribution is 8.13. The van der Waals surface area contributed by atoms with Gasteiger partial charge in [0.15, 0.2) is 6.29 Å². The number of amides is 1. The fourth-order valence-corrected chi connectivity index (χ4v) is 1.38. The van der Waals surface area contributed by atoms with E-state index in [4.69, 9.17) is 5.73 Å². The van der Waals surface area contributed by atoms with Crippen molar-refractivity contribution in [2.75, 3.05) is 0 Å². The molecule has 0 aliphatic rings. The molecular weight excluding hydrogens is 198 g/mol. The van der Waals surface area contributed by atoms with Crippen LogP contribution >= 0.6 is 11.8 Å². The summed E-state index contributed by atoms with van der Waals surface area (Å²) in [5.74, 6) is 0. The van der Waals surface area contributed by atoms with Crippen molar-refractivity contribution in [3.63, 3.8) is 0 Å². The smallest absolute Gasteiger partial charge is 0.281 e. The summed E-state index contributed by atoms with van der Waals surface area (Å²) in [5.41, 5.74) is 5.44. The van der Waals surface area contributed by atoms with E-state index in [2.05, 4.69) is 0 Å². The fraction of sp³-hybridized carbons (Fsp3) is 0.200. The Balaban J connectivity index is 0.000000791. The zero-order chi connectivity index (χ0) is 11.0. The number of rotatable bonds is 2. The van der Waals surface area contributed by atoms with Crippen LogP contribution in [0.4, 0.5) is 4.79 Å². The minimum absolute atomic E-state index is 0.487. The molecule has 14 heavy (non-hydrogen) atoms. The molecule has 0 bridgehead atoms. The van der Waals surface area contributed by atoms with Gasteiger partial charge in [0.25, 0.3) is 5.24 Å². The van der Waals surface area contributed by atoms with Gasteiger partial charge in [-0.2, -0.15) is 0 Å². The number of nitrogens with two attached hydrogens (primary N) is 1. The highest BCUT2D eigenvalue weighted by Gasteiger charge is 2.03. The molecule has 0 aromatic heterocycles. The van der Waals surface area contributed by atoms with Gasteiger partial charge >= 0.3 is 0 Å². The number of benzene rings is 1. The van der Waals surface area contributed by atoms with Crippen LogP contribution in [-0.4, -0.2) is 11.5 Å². The molecule has 2 N–H and O–H groups in total. The van der Waals surface area contributed by atoms with Gasteiger partial charge in [-0.3, -0.25) is 9.59 Å². The first-order valence-corrected chi connectivity index (χ1v) is 5.07. The lowest BCUT2D eigenvalue weighted by Gasteiger charge is -1.98. The Morgan fingerprint density at radius 2 is 1.93 bits per heavy atom. The Hall–Kier alpha value is -1.29. The van der Waals surface area contributed by atoms with Gasteiger partial charge in [-0.1, -0.05) is 32.0 Å². The Kier molecular flexibility index (Phi) is 6.49. The average Bonchev–Trinajstić information content (AvgIpc) is 2.21. The quantitative estimate of drug-likeness (QED) is 0.604. The number of hydrogen-bond acceptors (Lipinski definition) is 3. The Morgan fingerprint density at radius 3 is 2.43 bits per heavy atom. The van der Waals surface area contributed by atoms with Crippen LogP contribution in [0.3, 0.4) is 0 Å². The number of carbonyl (C=O) groups excluding carboxylic acids is 2. The second-order valence-electron chi connectivity index (χ2n) is 2.08. The van der Waals surface area contributed by atoms with E-state index in [1.54, 1.807) is 24.3 Å². The average molecular weight is 211 g/mol. The van der Waals surface area contributed by atoms with Crippen molar-refractivity contribution in [3.8, 4) is 0 Å². The minimum atomic E-state index is -0.510. The summed E-state index contributed by atoms with van der Waals surface area (Å²) in [5, 5.41) is -0.510. The number of thioether (sulfide) groups is 1. The van der Waals surface area contributed by atoms with Gasteiger partial charge in [-0.15, -0.1) is 0 Å². The van der Waals surface area contributed by atoms with Crippen molar-refractivity contribution in [1.29, 1.82) is 0 Å². The summed E-state index contributed by atoms with van der Waals surface area (Å²) in [4.78, 5) is 21.5. The molecule has 0 aliphatic heterocycles. The summed E-state index contributed by atoms with van der Waals surface area (Å²) in [6, 6.07) is 6.80. The molecule has 0 unspecified atom stereocenters. The maximum absolute atomic E-state index is 10.5. The van der Waals surface area contributed by atoms with Gasteiger partial charge in [-0.25, -0.2) is 0 Å². The van der Waals surface area contributed by atoms with Gasteiger partial charge in [0, 0.05) is 10.5 Å². The molecule has 1 aromatic carbocycles. The molecule has 0 radical (unpaired) electrons. The third kappa shape index (κ3) is 4.09. The van der Waals surface area contributed by atoms with Crippen molar-refractivity contribution >= 4 is 23.3 Å². The van der Waals surface area contributed by atoms with Crippen LogP contribution < -0.4 is 5.73 Å². The number of carbonyl (C=O) groups is 2. The highest BCUT2D eigenvalue weighted by atomic mass is 32.2. The van der Waals surface area contributed by atoms with E-state index in [1.165, 1.54) is 0 Å². The van der Waals surface area contributed by atoms with Crippen LogP contribution in [0.15, 0.2) is 29.2 Å². The molecule has 0 atom stereocenters. The molecule has 76 valence electrons. The second kappa shape index (κ2) is 7.15. The van der Waals surface area contributed by atoms with Crippen LogP contribution in [0.1, 0.15) is 24.2 Å². The molecule has 4 heteroatoms. The van der Waals surface area contributed by atoms with Crippen molar-refractivity contribution in [1.82, 2.24) is 0 Å². The summed E-state index contributed by atoms with van der Waals surface area (Å²) in [7, 11) is 0. The molecule has 3 nitrogen and oxygen atoms in total. The zero-order valence-electron chi connectivity index (χ0n) is 8.19. The minimum Gasteiger partial charge on any atom is -0.360 e. The Labute approximate surface area is 87.7 Å². The lowest BCUT2D eigenvalue weighted by molar-refractivity contribution is 0.112. The van der Waals surface area contributed by atoms with E-state index in [0.717, 1.165) is 11.8 Å². The summed E-state index contributed by atoms with van der Waals surface area (Å²) in [6.07, 6.45) is 0.700. The molecule has 0 saturated heterocycles. The van der Waals surface area contributed by atoms with Crippen molar-refractivity contribution in [3.05, 3.63) is 29.8 Å². The molecule has 1 rings (SSSR count). The Bertz CT molecular complexity index is 313. The third-order valence-electron chi connectivity index (χ3n) is 1.26. The molecular formula is C10H13NO2S. The molecule has 0 aliphatic carbocycles. The lowest BCUT2D eigenvalue weighted by atomic mass is 10.2. The van der Waals surface area contributed by atoms with Gasteiger partial charge < -0.3 is 5.73 Å². The van der Waals surface area contributed by atoms with Crippen molar-refractivity contribution in [2.45, 2.75) is 18.7 Å². The summed E-state index contributed by atoms with van der Waals surface area (Å²) >= 11 is 0.857. The van der Waals surface area contributed by atoms with E-state index < -0.39 is 5.24 Å². The Morgan fingerprint density at radius 1 is 1.36 bits per heavy atom. The molecule has 0 saturated carbocycles. The van der Waals surface area contributed by atoms with E-state index in [-0.39, 0.29) is 0 Å². The topological polar surface area (TPSA) is 60.2 Å². The summed E-state index contributed by atoms with van der Waals surface area (Å²) < 4.78 is 0. The first-order chi connectivity index (χ1) is 6.74. The van der Waals surface area contributed by atoms with E-state index in [0.29, 0.717) is 16.7 Å². The van der Waals surface area contributed by atoms with Crippen molar-refractivity contribution < 1.29 is 9.59 Å². The second-order valence-corrected chi connectivity index (χ2v) is 3.12. The summed E-state index contributed by atoms with van der Waals surface area (Å²) in [6.45, 7) is 4.00. The molecule has 0 heterocycles. The SMILES string of the molecule is CC.NC(=O)Sc1ccccc1C=O. The zero-order valence-corrected chi connectivity index (χ0v) is 9.01. The van der Waals surface area contributed by atoms with Crippen LogP contribution in [0.5, 0.6) is 0 Å². The number of hydrogen-bond donors (Lipinski definition) is 1. The predicted molar refractivity (Wildman–Crippen MR) is 58.6 cm³/mol. The van der Waals surface area contributed by atoms with Crippen LogP contribution in [0, 0.1) is 0 Å². The van der Waals surface area contributed by atoms with Crippen LogP contribution in [0.25, 0.3) is 0 Å². The number of primary amides is 1. The predicted octanol–water partition coefficient (Wildman–Crippen LogP) is 2.70. The van der Waals surface area contributed by atoms with Gasteiger partial charge in [0.2, 0.25) is 0 Å². The normalized spacial score (nSPS) is 8.43. The number of aldehydes is 1. The lowest BCUT2D eigenvalue weighted by Crippen LogP contribution is -2.02. The van der Waals surface area contributed by atoms with E-state index in [9.17, 15) is 9.59 Å². The molecule has 0 fully saturated rings. The van der Waals surface area contributed by atoms with E-state index >= 15 is 0 Å². The van der Waals surface area contributed by atoms with Crippen molar-refractivity contribution in [2.24, 2.45) is 5.73 Å². The van der Waals surface area contributed by atoms with Crippen LogP contribution in [-0.2, 0) is 0 Å². The van der Waals surface area contributed by atoms with Gasteiger partial charge in [0.05, 0.1) is 0 Å². The van der Waals surface area contributed by atoms with Crippen LogP contribution in [0.2, 0.25) is 0 Å². The molecule has 1 amide bonds. The standard InChI is InChI=1S/C8H7NO2S.C2H6/c9-8(11)12-7-4-2-1-3-6(7)5-10;1-2/h1-5H,(H2,9,11);1-2H3. The third-order valence-corrected chi connectivity index (χ3v) is 2.05. The maximum Gasteiger partial charge on any atom is 0.281 e.